The molecule has 1 saturated heterocycles. The number of amides is 1. The number of nitrogens with one attached hydrogen (secondary N) is 1. The van der Waals surface area contributed by atoms with Crippen molar-refractivity contribution in [3.8, 4) is 17.1 Å². The third-order valence-corrected chi connectivity index (χ3v) is 5.76. The lowest BCUT2D eigenvalue weighted by Crippen LogP contribution is -2.37. The summed E-state index contributed by atoms with van der Waals surface area (Å²) in [6.45, 7) is 8.53. The highest BCUT2D eigenvalue weighted by atomic mass is 35.5. The van der Waals surface area contributed by atoms with Crippen molar-refractivity contribution < 1.29 is 9.53 Å². The Labute approximate surface area is 199 Å². The van der Waals surface area contributed by atoms with Crippen LogP contribution < -0.4 is 5.32 Å². The Hall–Kier alpha value is -2.74. The summed E-state index contributed by atoms with van der Waals surface area (Å²) in [7, 11) is 0. The first-order valence-corrected chi connectivity index (χ1v) is 11.8. The third kappa shape index (κ3) is 6.41. The number of nitrogens with zero attached hydrogens (tertiary/aromatic N) is 4. The molecule has 0 aliphatic carbocycles. The molecule has 3 aromatic rings. The van der Waals surface area contributed by atoms with Gasteiger partial charge in [0.15, 0.2) is 5.82 Å². The van der Waals surface area contributed by atoms with Crippen LogP contribution in [0.15, 0.2) is 48.5 Å². The molecule has 33 heavy (non-hydrogen) atoms. The Balaban J connectivity index is 1.54. The Morgan fingerprint density at radius 3 is 2.61 bits per heavy atom. The lowest BCUT2D eigenvalue weighted by atomic mass is 10.1. The minimum absolute atomic E-state index is 0.0597. The maximum absolute atomic E-state index is 12.4. The molecule has 0 saturated carbocycles. The lowest BCUT2D eigenvalue weighted by Gasteiger charge is -2.26. The fourth-order valence-corrected chi connectivity index (χ4v) is 4.03. The van der Waals surface area contributed by atoms with Gasteiger partial charge >= 0.3 is 0 Å². The molecular weight excluding hydrogens is 438 g/mol. The largest absolute Gasteiger partial charge is 0.379 e. The maximum Gasteiger partial charge on any atom is 0.227 e. The highest BCUT2D eigenvalue weighted by Gasteiger charge is 2.17. The van der Waals surface area contributed by atoms with Gasteiger partial charge < -0.3 is 10.1 Å². The molecule has 0 spiro atoms. The molecule has 8 heteroatoms. The molecule has 1 fully saturated rings. The number of aromatic nitrogens is 3. The van der Waals surface area contributed by atoms with Crippen molar-refractivity contribution in [1.82, 2.24) is 25.0 Å². The Kier molecular flexibility index (Phi) is 7.75. The number of carbonyl (C=O) groups is 1. The molecule has 0 atom stereocenters. The summed E-state index contributed by atoms with van der Waals surface area (Å²) in [5.74, 6) is 1.06. The number of morpholine rings is 1. The number of hydrogen-bond donors (Lipinski definition) is 1. The van der Waals surface area contributed by atoms with E-state index in [0.717, 1.165) is 50.5 Å². The van der Waals surface area contributed by atoms with Gasteiger partial charge in [-0.15, -0.1) is 5.10 Å². The minimum Gasteiger partial charge on any atom is -0.379 e. The first kappa shape index (κ1) is 23.4. The molecule has 7 nitrogen and oxygen atoms in total. The Bertz CT molecular complexity index is 1070. The van der Waals surface area contributed by atoms with E-state index in [-0.39, 0.29) is 18.4 Å². The predicted octanol–water partition coefficient (Wildman–Crippen LogP) is 3.53. The second-order valence-electron chi connectivity index (χ2n) is 8.54. The molecular formula is C25H30ClN5O2. The van der Waals surface area contributed by atoms with Crippen molar-refractivity contribution in [1.29, 1.82) is 0 Å². The molecule has 4 rings (SSSR count). The van der Waals surface area contributed by atoms with E-state index >= 15 is 0 Å². The normalized spacial score (nSPS) is 14.5. The standard InChI is InChI=1S/C25H30ClN5O2/c1-18(2)27-24(32)17-23-28-25(29-31(23)22-5-3-4-21(26)16-22)20-8-6-19(7-9-20)10-11-30-12-14-33-15-13-30/h3-9,16,18H,10-15,17H2,1-2H3,(H,27,32). The van der Waals surface area contributed by atoms with Crippen molar-refractivity contribution in [3.63, 3.8) is 0 Å². The zero-order valence-electron chi connectivity index (χ0n) is 19.1. The topological polar surface area (TPSA) is 72.3 Å². The van der Waals surface area contributed by atoms with Gasteiger partial charge in [-0.3, -0.25) is 9.69 Å². The van der Waals surface area contributed by atoms with E-state index in [2.05, 4.69) is 22.3 Å². The van der Waals surface area contributed by atoms with Crippen LogP contribution in [0.4, 0.5) is 0 Å². The monoisotopic (exact) mass is 467 g/mol. The minimum atomic E-state index is -0.0920. The van der Waals surface area contributed by atoms with E-state index in [0.29, 0.717) is 16.7 Å². The van der Waals surface area contributed by atoms with Gasteiger partial charge in [0, 0.05) is 36.3 Å². The van der Waals surface area contributed by atoms with Crippen molar-refractivity contribution in [2.75, 3.05) is 32.8 Å². The molecule has 0 bridgehead atoms. The van der Waals surface area contributed by atoms with Gasteiger partial charge in [0.2, 0.25) is 5.91 Å². The highest BCUT2D eigenvalue weighted by molar-refractivity contribution is 6.30. The van der Waals surface area contributed by atoms with Gasteiger partial charge in [0.1, 0.15) is 5.82 Å². The first-order chi connectivity index (χ1) is 16.0. The molecule has 0 radical (unpaired) electrons. The van der Waals surface area contributed by atoms with Gasteiger partial charge in [0.05, 0.1) is 25.3 Å². The lowest BCUT2D eigenvalue weighted by molar-refractivity contribution is -0.121. The molecule has 0 unspecified atom stereocenters. The second kappa shape index (κ2) is 10.9. The number of hydrogen-bond acceptors (Lipinski definition) is 5. The summed E-state index contributed by atoms with van der Waals surface area (Å²) in [4.78, 5) is 19.6. The predicted molar refractivity (Wildman–Crippen MR) is 130 cm³/mol. The van der Waals surface area contributed by atoms with Crippen LogP contribution in [0.25, 0.3) is 17.1 Å². The molecule has 174 valence electrons. The maximum atomic E-state index is 12.4. The summed E-state index contributed by atoms with van der Waals surface area (Å²) in [6.07, 6.45) is 1.13. The van der Waals surface area contributed by atoms with E-state index in [1.165, 1.54) is 5.56 Å². The smallest absolute Gasteiger partial charge is 0.227 e. The molecule has 2 aromatic carbocycles. The van der Waals surface area contributed by atoms with Crippen LogP contribution in [0.1, 0.15) is 25.2 Å². The fraction of sp³-hybridized carbons (Fsp3) is 0.400. The van der Waals surface area contributed by atoms with Crippen LogP contribution in [0.2, 0.25) is 5.02 Å². The van der Waals surface area contributed by atoms with Crippen LogP contribution in [-0.2, 0) is 22.4 Å². The van der Waals surface area contributed by atoms with E-state index in [1.54, 1.807) is 4.68 Å². The van der Waals surface area contributed by atoms with Crippen LogP contribution >= 0.6 is 11.6 Å². The highest BCUT2D eigenvalue weighted by Crippen LogP contribution is 2.21. The molecule has 2 heterocycles. The zero-order valence-corrected chi connectivity index (χ0v) is 19.9. The van der Waals surface area contributed by atoms with Gasteiger partial charge in [-0.2, -0.15) is 0 Å². The van der Waals surface area contributed by atoms with Crippen molar-refractivity contribution >= 4 is 17.5 Å². The fourth-order valence-electron chi connectivity index (χ4n) is 3.84. The molecule has 1 aliphatic rings. The molecule has 1 aromatic heterocycles. The van der Waals surface area contributed by atoms with Crippen LogP contribution in [0, 0.1) is 0 Å². The summed E-state index contributed by atoms with van der Waals surface area (Å²) >= 11 is 6.20. The molecule has 1 aliphatic heterocycles. The van der Waals surface area contributed by atoms with E-state index in [9.17, 15) is 4.79 Å². The Morgan fingerprint density at radius 1 is 1.15 bits per heavy atom. The SMILES string of the molecule is CC(C)NC(=O)Cc1nc(-c2ccc(CCN3CCOCC3)cc2)nn1-c1cccc(Cl)c1. The first-order valence-electron chi connectivity index (χ1n) is 11.4. The van der Waals surface area contributed by atoms with Crippen LogP contribution in [0.3, 0.4) is 0 Å². The quantitative estimate of drug-likeness (QED) is 0.548. The Morgan fingerprint density at radius 2 is 1.91 bits per heavy atom. The summed E-state index contributed by atoms with van der Waals surface area (Å²) in [5.41, 5.74) is 2.96. The number of halogens is 1. The van der Waals surface area contributed by atoms with E-state index < -0.39 is 0 Å². The second-order valence-corrected chi connectivity index (χ2v) is 8.98. The number of ether oxygens (including phenoxy) is 1. The zero-order chi connectivity index (χ0) is 23.2. The molecule has 1 N–H and O–H groups in total. The average Bonchev–Trinajstić information content (AvgIpc) is 3.22. The molecule has 1 amide bonds. The summed E-state index contributed by atoms with van der Waals surface area (Å²) in [6, 6.07) is 15.8. The van der Waals surface area contributed by atoms with Gasteiger partial charge in [-0.1, -0.05) is 41.9 Å². The average molecular weight is 468 g/mol. The summed E-state index contributed by atoms with van der Waals surface area (Å²) in [5, 5.41) is 8.24. The van der Waals surface area contributed by atoms with Crippen molar-refractivity contribution in [2.24, 2.45) is 0 Å². The van der Waals surface area contributed by atoms with Crippen molar-refractivity contribution in [3.05, 3.63) is 64.9 Å². The van der Waals surface area contributed by atoms with Gasteiger partial charge in [-0.25, -0.2) is 9.67 Å². The van der Waals surface area contributed by atoms with E-state index in [4.69, 9.17) is 26.4 Å². The number of carbonyl (C=O) groups excluding carboxylic acids is 1. The van der Waals surface area contributed by atoms with Gasteiger partial charge in [0.25, 0.3) is 0 Å². The number of benzene rings is 2. The van der Waals surface area contributed by atoms with Gasteiger partial charge in [-0.05, 0) is 44.0 Å². The van der Waals surface area contributed by atoms with Crippen LogP contribution in [0.5, 0.6) is 0 Å². The number of rotatable bonds is 8. The summed E-state index contributed by atoms with van der Waals surface area (Å²) < 4.78 is 7.12. The third-order valence-electron chi connectivity index (χ3n) is 5.53. The van der Waals surface area contributed by atoms with Crippen molar-refractivity contribution in [2.45, 2.75) is 32.7 Å². The van der Waals surface area contributed by atoms with E-state index in [1.807, 2.05) is 50.2 Å². The van der Waals surface area contributed by atoms with Crippen LogP contribution in [-0.4, -0.2) is 64.5 Å².